The number of carbonyl (C=O) groups is 1. The molecular weight excluding hydrogens is 162 g/mol. The third-order valence-electron chi connectivity index (χ3n) is 1.31. The van der Waals surface area contributed by atoms with Gasteiger partial charge in [0.2, 0.25) is 0 Å². The van der Waals surface area contributed by atoms with Gasteiger partial charge in [0.15, 0.2) is 5.69 Å². The van der Waals surface area contributed by atoms with Crippen LogP contribution < -0.4 is 5.63 Å². The minimum Gasteiger partial charge on any atom is -0.461 e. The molecule has 1 aromatic rings. The molecule has 66 valence electrons. The maximum absolute atomic E-state index is 11.0. The molecule has 0 spiro atoms. The molecule has 0 aliphatic rings. The number of aryl methyl sites for hydroxylation is 1. The summed E-state index contributed by atoms with van der Waals surface area (Å²) in [5.41, 5.74) is -0.428. The summed E-state index contributed by atoms with van der Waals surface area (Å²) < 4.78 is 10.3. The Morgan fingerprint density at radius 3 is 2.83 bits per heavy atom. The largest absolute Gasteiger partial charge is 0.461 e. The predicted octanol–water partition coefficient (Wildman–Crippen LogP) is 0.155. The number of carbonyl (C=O) groups excluding carboxylic acids is 1. The first-order valence-corrected chi connectivity index (χ1v) is 3.49. The van der Waals surface area contributed by atoms with Crippen molar-refractivity contribution in [1.29, 1.82) is 0 Å². The molecule has 0 saturated carbocycles. The molecule has 0 fully saturated rings. The second-order valence-corrected chi connectivity index (χ2v) is 2.16. The van der Waals surface area contributed by atoms with E-state index in [0.29, 0.717) is 0 Å². The second kappa shape index (κ2) is 3.25. The number of aromatic nitrogens is 1. The van der Waals surface area contributed by atoms with Crippen LogP contribution >= 0.6 is 0 Å². The Morgan fingerprint density at radius 2 is 2.42 bits per heavy atom. The van der Waals surface area contributed by atoms with Gasteiger partial charge in [-0.15, -0.1) is 0 Å². The molecule has 0 aliphatic heterocycles. The van der Waals surface area contributed by atoms with Crippen molar-refractivity contribution in [2.75, 3.05) is 6.61 Å². The number of nitrogens with zero attached hydrogens (tertiary/aromatic N) is 1. The first kappa shape index (κ1) is 8.58. The van der Waals surface area contributed by atoms with Crippen LogP contribution in [0.5, 0.6) is 0 Å². The van der Waals surface area contributed by atoms with Crippen LogP contribution in [0.15, 0.2) is 15.4 Å². The normalized spacial score (nSPS) is 9.83. The van der Waals surface area contributed by atoms with E-state index in [1.807, 2.05) is 0 Å². The van der Waals surface area contributed by atoms with Crippen LogP contribution in [-0.4, -0.2) is 17.3 Å². The van der Waals surface area contributed by atoms with E-state index in [1.54, 1.807) is 6.92 Å². The SMILES string of the molecule is CCOC(=O)c1cc(=O)on1C. The van der Waals surface area contributed by atoms with E-state index in [9.17, 15) is 9.59 Å². The van der Waals surface area contributed by atoms with E-state index in [-0.39, 0.29) is 12.3 Å². The summed E-state index contributed by atoms with van der Waals surface area (Å²) in [6.07, 6.45) is 0. The van der Waals surface area contributed by atoms with Crippen LogP contribution in [0.2, 0.25) is 0 Å². The van der Waals surface area contributed by atoms with Gasteiger partial charge in [0, 0.05) is 7.05 Å². The van der Waals surface area contributed by atoms with Gasteiger partial charge in [0.1, 0.15) is 0 Å². The lowest BCUT2D eigenvalue weighted by Gasteiger charge is -1.99. The van der Waals surface area contributed by atoms with E-state index < -0.39 is 11.6 Å². The highest BCUT2D eigenvalue weighted by atomic mass is 16.5. The van der Waals surface area contributed by atoms with Crippen molar-refractivity contribution >= 4 is 5.97 Å². The van der Waals surface area contributed by atoms with E-state index in [1.165, 1.54) is 7.05 Å². The summed E-state index contributed by atoms with van der Waals surface area (Å²) in [6.45, 7) is 1.97. The van der Waals surface area contributed by atoms with Crippen LogP contribution in [0.1, 0.15) is 17.4 Å². The molecule has 5 nitrogen and oxygen atoms in total. The number of ether oxygens (including phenoxy) is 1. The minimum absolute atomic E-state index is 0.127. The van der Waals surface area contributed by atoms with Crippen molar-refractivity contribution in [3.05, 3.63) is 22.2 Å². The van der Waals surface area contributed by atoms with Gasteiger partial charge in [0.05, 0.1) is 12.7 Å². The number of hydrogen-bond donors (Lipinski definition) is 0. The third-order valence-corrected chi connectivity index (χ3v) is 1.31. The number of rotatable bonds is 2. The molecule has 0 aromatic carbocycles. The van der Waals surface area contributed by atoms with Crippen LogP contribution in [0.4, 0.5) is 0 Å². The quantitative estimate of drug-likeness (QED) is 0.594. The van der Waals surface area contributed by atoms with Gasteiger partial charge < -0.3 is 9.26 Å². The molecule has 0 bridgehead atoms. The van der Waals surface area contributed by atoms with Crippen LogP contribution in [0, 0.1) is 0 Å². The van der Waals surface area contributed by atoms with Gasteiger partial charge in [-0.25, -0.2) is 14.3 Å². The predicted molar refractivity (Wildman–Crippen MR) is 39.9 cm³/mol. The molecule has 1 heterocycles. The molecule has 0 radical (unpaired) electrons. The van der Waals surface area contributed by atoms with Gasteiger partial charge in [-0.05, 0) is 6.92 Å². The minimum atomic E-state index is -0.555. The smallest absolute Gasteiger partial charge is 0.358 e. The molecule has 0 saturated heterocycles. The molecule has 0 N–H and O–H groups in total. The van der Waals surface area contributed by atoms with Crippen LogP contribution in [0.3, 0.4) is 0 Å². The summed E-state index contributed by atoms with van der Waals surface area (Å²) >= 11 is 0. The number of esters is 1. The lowest BCUT2D eigenvalue weighted by molar-refractivity contribution is 0.0502. The lowest BCUT2D eigenvalue weighted by atomic mass is 10.4. The van der Waals surface area contributed by atoms with Gasteiger partial charge in [-0.3, -0.25) is 0 Å². The monoisotopic (exact) mass is 171 g/mol. The lowest BCUT2D eigenvalue weighted by Crippen LogP contribution is -2.08. The fraction of sp³-hybridized carbons (Fsp3) is 0.429. The zero-order valence-corrected chi connectivity index (χ0v) is 6.86. The van der Waals surface area contributed by atoms with Gasteiger partial charge in [0.25, 0.3) is 0 Å². The summed E-state index contributed by atoms with van der Waals surface area (Å²) in [7, 11) is 1.47. The Balaban J connectivity index is 2.94. The number of hydrogen-bond acceptors (Lipinski definition) is 4. The molecule has 1 rings (SSSR count). The average molecular weight is 171 g/mol. The second-order valence-electron chi connectivity index (χ2n) is 2.16. The molecule has 0 unspecified atom stereocenters. The first-order chi connectivity index (χ1) is 5.65. The highest BCUT2D eigenvalue weighted by Gasteiger charge is 2.13. The fourth-order valence-electron chi connectivity index (χ4n) is 0.806. The summed E-state index contributed by atoms with van der Waals surface area (Å²) in [6, 6.07) is 1.10. The highest BCUT2D eigenvalue weighted by Crippen LogP contribution is 1.97. The molecule has 0 amide bonds. The Hall–Kier alpha value is -1.52. The Morgan fingerprint density at radius 1 is 1.75 bits per heavy atom. The Labute approximate surface area is 68.5 Å². The fourth-order valence-corrected chi connectivity index (χ4v) is 0.806. The van der Waals surface area contributed by atoms with E-state index in [4.69, 9.17) is 0 Å². The molecule has 0 atom stereocenters. The summed E-state index contributed by atoms with van der Waals surface area (Å²) in [5.74, 6) is -0.550. The summed E-state index contributed by atoms with van der Waals surface area (Å²) in [5, 5.41) is 0. The molecule has 1 aromatic heterocycles. The molecule has 12 heavy (non-hydrogen) atoms. The Bertz CT molecular complexity index is 335. The van der Waals surface area contributed by atoms with E-state index in [2.05, 4.69) is 9.26 Å². The van der Waals surface area contributed by atoms with Gasteiger partial charge in [-0.2, -0.15) is 0 Å². The van der Waals surface area contributed by atoms with Crippen LogP contribution in [0.25, 0.3) is 0 Å². The van der Waals surface area contributed by atoms with Gasteiger partial charge in [-0.1, -0.05) is 0 Å². The standard InChI is InChI=1S/C7H9NO4/c1-3-11-7(10)5-4-6(9)12-8(5)2/h4H,3H2,1-2H3. The average Bonchev–Trinajstić information content (AvgIpc) is 2.30. The van der Waals surface area contributed by atoms with Crippen molar-refractivity contribution in [3.63, 3.8) is 0 Å². The maximum atomic E-state index is 11.0. The molecular formula is C7H9NO4. The van der Waals surface area contributed by atoms with Crippen molar-refractivity contribution in [2.24, 2.45) is 7.05 Å². The zero-order chi connectivity index (χ0) is 9.14. The van der Waals surface area contributed by atoms with Crippen molar-refractivity contribution < 1.29 is 14.1 Å². The summed E-state index contributed by atoms with van der Waals surface area (Å²) in [4.78, 5) is 21.7. The highest BCUT2D eigenvalue weighted by molar-refractivity contribution is 5.87. The molecule has 0 aliphatic carbocycles. The van der Waals surface area contributed by atoms with E-state index >= 15 is 0 Å². The van der Waals surface area contributed by atoms with Crippen molar-refractivity contribution in [2.45, 2.75) is 6.92 Å². The van der Waals surface area contributed by atoms with Crippen molar-refractivity contribution in [3.8, 4) is 0 Å². The topological polar surface area (TPSA) is 61.4 Å². The first-order valence-electron chi connectivity index (χ1n) is 3.49. The Kier molecular flexibility index (Phi) is 2.32. The molecule has 5 heteroatoms. The third kappa shape index (κ3) is 1.55. The maximum Gasteiger partial charge on any atom is 0.358 e. The van der Waals surface area contributed by atoms with Gasteiger partial charge >= 0.3 is 11.6 Å². The van der Waals surface area contributed by atoms with E-state index in [0.717, 1.165) is 10.8 Å². The zero-order valence-electron chi connectivity index (χ0n) is 6.86. The van der Waals surface area contributed by atoms with Crippen LogP contribution in [-0.2, 0) is 11.8 Å². The van der Waals surface area contributed by atoms with Crippen molar-refractivity contribution in [1.82, 2.24) is 4.74 Å².